The first-order valence-corrected chi connectivity index (χ1v) is 8.26. The minimum absolute atomic E-state index is 0.176. The normalized spacial score (nSPS) is 14.7. The Morgan fingerprint density at radius 1 is 1.17 bits per heavy atom. The van der Waals surface area contributed by atoms with Gasteiger partial charge in [0.05, 0.1) is 0 Å². The molecule has 0 aromatic heterocycles. The van der Waals surface area contributed by atoms with E-state index in [-0.39, 0.29) is 11.8 Å². The number of nitrogens with one attached hydrogen (secondary N) is 1. The predicted molar refractivity (Wildman–Crippen MR) is 99.8 cm³/mol. The first kappa shape index (κ1) is 19.6. The Morgan fingerprint density at radius 3 is 2.29 bits per heavy atom. The molecule has 0 aliphatic carbocycles. The standard InChI is InChI=1S/C21H27NO2/c1-6-15(2)20(17(4)19-10-8-7-9-11-19)13-18(14-23)12-16(3)21(24)22-5/h7-14,17H,6H2,1-5H3,(H,22,24)/b16-12+,18-13+,20-15?. The van der Waals surface area contributed by atoms with Crippen molar-refractivity contribution in [1.82, 2.24) is 5.32 Å². The highest BCUT2D eigenvalue weighted by Crippen LogP contribution is 2.29. The molecular weight excluding hydrogens is 298 g/mol. The van der Waals surface area contributed by atoms with E-state index in [1.807, 2.05) is 24.3 Å². The van der Waals surface area contributed by atoms with Gasteiger partial charge in [0.25, 0.3) is 0 Å². The van der Waals surface area contributed by atoms with Crippen molar-refractivity contribution in [3.8, 4) is 0 Å². The summed E-state index contributed by atoms with van der Waals surface area (Å²) in [4.78, 5) is 23.1. The lowest BCUT2D eigenvalue weighted by Crippen LogP contribution is -2.18. The van der Waals surface area contributed by atoms with Crippen molar-refractivity contribution < 1.29 is 9.59 Å². The molecule has 128 valence electrons. The van der Waals surface area contributed by atoms with Crippen molar-refractivity contribution in [2.75, 3.05) is 7.05 Å². The summed E-state index contributed by atoms with van der Waals surface area (Å²) in [7, 11) is 1.58. The van der Waals surface area contributed by atoms with Gasteiger partial charge in [0.1, 0.15) is 6.29 Å². The van der Waals surface area contributed by atoms with Crippen LogP contribution in [0.1, 0.15) is 45.6 Å². The topological polar surface area (TPSA) is 46.2 Å². The number of carbonyl (C=O) groups is 2. The molecule has 0 radical (unpaired) electrons. The molecule has 0 spiro atoms. The van der Waals surface area contributed by atoms with E-state index in [1.54, 1.807) is 20.0 Å². The molecule has 1 aromatic rings. The lowest BCUT2D eigenvalue weighted by atomic mass is 9.87. The Bertz CT molecular complexity index is 666. The van der Waals surface area contributed by atoms with Crippen LogP contribution >= 0.6 is 0 Å². The maximum atomic E-state index is 11.7. The van der Waals surface area contributed by atoms with Crippen LogP contribution in [0.5, 0.6) is 0 Å². The van der Waals surface area contributed by atoms with Crippen LogP contribution in [0.3, 0.4) is 0 Å². The molecule has 0 heterocycles. The minimum atomic E-state index is -0.184. The van der Waals surface area contributed by atoms with E-state index in [9.17, 15) is 9.59 Å². The number of likely N-dealkylation sites (N-methyl/N-ethyl adjacent to an activating group) is 1. The van der Waals surface area contributed by atoms with Crippen LogP contribution in [-0.2, 0) is 9.59 Å². The van der Waals surface area contributed by atoms with Crippen LogP contribution in [0.15, 0.2) is 64.8 Å². The van der Waals surface area contributed by atoms with Crippen LogP contribution in [0.2, 0.25) is 0 Å². The molecule has 0 saturated heterocycles. The van der Waals surface area contributed by atoms with Crippen LogP contribution in [-0.4, -0.2) is 19.2 Å². The maximum Gasteiger partial charge on any atom is 0.246 e. The van der Waals surface area contributed by atoms with E-state index in [1.165, 1.54) is 11.1 Å². The van der Waals surface area contributed by atoms with Crippen molar-refractivity contribution in [3.63, 3.8) is 0 Å². The third-order valence-corrected chi connectivity index (χ3v) is 4.22. The zero-order chi connectivity index (χ0) is 18.1. The summed E-state index contributed by atoms with van der Waals surface area (Å²) in [6.07, 6.45) is 5.24. The number of aldehydes is 1. The fraction of sp³-hybridized carbons (Fsp3) is 0.333. The van der Waals surface area contributed by atoms with E-state index in [2.05, 4.69) is 38.2 Å². The van der Waals surface area contributed by atoms with Gasteiger partial charge in [-0.05, 0) is 43.6 Å². The number of hydrogen-bond acceptors (Lipinski definition) is 2. The summed E-state index contributed by atoms with van der Waals surface area (Å²) in [6.45, 7) is 8.03. The van der Waals surface area contributed by atoms with Gasteiger partial charge >= 0.3 is 0 Å². The van der Waals surface area contributed by atoms with Gasteiger partial charge in [-0.3, -0.25) is 9.59 Å². The molecule has 3 heteroatoms. The lowest BCUT2D eigenvalue weighted by Gasteiger charge is -2.17. The molecule has 1 N–H and O–H groups in total. The molecule has 1 atom stereocenters. The molecular formula is C21H27NO2. The summed E-state index contributed by atoms with van der Waals surface area (Å²) in [6, 6.07) is 10.2. The number of amides is 1. The predicted octanol–water partition coefficient (Wildman–Crippen LogP) is 4.33. The largest absolute Gasteiger partial charge is 0.355 e. The molecule has 1 amide bonds. The zero-order valence-corrected chi connectivity index (χ0v) is 15.2. The summed E-state index contributed by atoms with van der Waals surface area (Å²) in [5.41, 5.74) is 4.57. The fourth-order valence-electron chi connectivity index (χ4n) is 2.55. The van der Waals surface area contributed by atoms with E-state index >= 15 is 0 Å². The maximum absolute atomic E-state index is 11.7. The molecule has 1 rings (SSSR count). The Labute approximate surface area is 145 Å². The van der Waals surface area contributed by atoms with Crippen LogP contribution in [0.25, 0.3) is 0 Å². The number of carbonyl (C=O) groups excluding carboxylic acids is 2. The third-order valence-electron chi connectivity index (χ3n) is 4.22. The summed E-state index contributed by atoms with van der Waals surface area (Å²) < 4.78 is 0. The first-order chi connectivity index (χ1) is 11.4. The average Bonchev–Trinajstić information content (AvgIpc) is 2.63. The quantitative estimate of drug-likeness (QED) is 0.460. The van der Waals surface area contributed by atoms with Gasteiger partial charge in [-0.1, -0.05) is 49.8 Å². The Balaban J connectivity index is 3.31. The Morgan fingerprint density at radius 2 is 1.79 bits per heavy atom. The smallest absolute Gasteiger partial charge is 0.246 e. The fourth-order valence-corrected chi connectivity index (χ4v) is 2.55. The molecule has 0 aliphatic rings. The molecule has 0 aliphatic heterocycles. The van der Waals surface area contributed by atoms with Crippen LogP contribution in [0.4, 0.5) is 0 Å². The van der Waals surface area contributed by atoms with Crippen molar-refractivity contribution in [2.45, 2.75) is 40.0 Å². The molecule has 0 bridgehead atoms. The number of benzene rings is 1. The molecule has 24 heavy (non-hydrogen) atoms. The minimum Gasteiger partial charge on any atom is -0.355 e. The number of hydrogen-bond donors (Lipinski definition) is 1. The molecule has 0 fully saturated rings. The highest BCUT2D eigenvalue weighted by Gasteiger charge is 2.13. The van der Waals surface area contributed by atoms with Crippen molar-refractivity contribution in [1.29, 1.82) is 0 Å². The molecule has 0 saturated carbocycles. The third kappa shape index (κ3) is 5.34. The summed E-state index contributed by atoms with van der Waals surface area (Å²) >= 11 is 0. The Kier molecular flexibility index (Phi) is 7.90. The monoisotopic (exact) mass is 325 g/mol. The number of rotatable bonds is 7. The van der Waals surface area contributed by atoms with E-state index < -0.39 is 0 Å². The molecule has 1 unspecified atom stereocenters. The number of allylic oxidation sites excluding steroid dienone is 5. The van der Waals surface area contributed by atoms with Gasteiger partial charge in [-0.2, -0.15) is 0 Å². The van der Waals surface area contributed by atoms with Gasteiger partial charge in [0.15, 0.2) is 0 Å². The van der Waals surface area contributed by atoms with Crippen molar-refractivity contribution in [3.05, 3.63) is 70.3 Å². The van der Waals surface area contributed by atoms with Crippen LogP contribution < -0.4 is 5.32 Å². The summed E-state index contributed by atoms with van der Waals surface area (Å²) in [5.74, 6) is -0.00795. The SMILES string of the molecule is CCC(C)=C(/C=C(C=O)\C=C(/C)C(=O)NC)C(C)c1ccccc1. The van der Waals surface area contributed by atoms with E-state index in [0.29, 0.717) is 11.1 Å². The average molecular weight is 325 g/mol. The van der Waals surface area contributed by atoms with Gasteiger partial charge < -0.3 is 5.32 Å². The van der Waals surface area contributed by atoms with E-state index in [0.717, 1.165) is 18.3 Å². The first-order valence-electron chi connectivity index (χ1n) is 8.26. The van der Waals surface area contributed by atoms with Crippen LogP contribution in [0, 0.1) is 0 Å². The zero-order valence-electron chi connectivity index (χ0n) is 15.2. The van der Waals surface area contributed by atoms with Gasteiger partial charge in [0, 0.05) is 24.1 Å². The Hall–Kier alpha value is -2.42. The van der Waals surface area contributed by atoms with Gasteiger partial charge in [-0.15, -0.1) is 0 Å². The lowest BCUT2D eigenvalue weighted by molar-refractivity contribution is -0.117. The molecule has 1 aromatic carbocycles. The highest BCUT2D eigenvalue weighted by atomic mass is 16.1. The second kappa shape index (κ2) is 9.66. The van der Waals surface area contributed by atoms with Gasteiger partial charge in [-0.25, -0.2) is 0 Å². The summed E-state index contributed by atoms with van der Waals surface area (Å²) in [5, 5.41) is 2.57. The van der Waals surface area contributed by atoms with E-state index in [4.69, 9.17) is 0 Å². The second-order valence-electron chi connectivity index (χ2n) is 5.89. The molecule has 3 nitrogen and oxygen atoms in total. The van der Waals surface area contributed by atoms with Crippen molar-refractivity contribution in [2.24, 2.45) is 0 Å². The highest BCUT2D eigenvalue weighted by molar-refractivity contribution is 5.95. The second-order valence-corrected chi connectivity index (χ2v) is 5.89. The van der Waals surface area contributed by atoms with Gasteiger partial charge in [0.2, 0.25) is 5.91 Å². The van der Waals surface area contributed by atoms with Crippen molar-refractivity contribution >= 4 is 12.2 Å².